The number of aliphatic hydroxyl groups is 2. The van der Waals surface area contributed by atoms with Gasteiger partial charge in [-0.05, 0) is 24.1 Å². The van der Waals surface area contributed by atoms with E-state index in [1.54, 1.807) is 24.3 Å². The number of ether oxygens (including phenoxy) is 1. The summed E-state index contributed by atoms with van der Waals surface area (Å²) >= 11 is 0. The molecular weight excluding hydrogens is 272 g/mol. The van der Waals surface area contributed by atoms with Gasteiger partial charge in [-0.2, -0.15) is 5.26 Å². The SMILES string of the molecule is CC(=O)NCCC(O)C(O)c1ccc(OCCC#N)cc1. The number of nitriles is 1. The molecule has 0 aliphatic heterocycles. The molecule has 0 saturated heterocycles. The van der Waals surface area contributed by atoms with Gasteiger partial charge in [0.15, 0.2) is 0 Å². The molecular formula is C15H20N2O4. The highest BCUT2D eigenvalue weighted by Gasteiger charge is 2.18. The molecule has 1 rings (SSSR count). The van der Waals surface area contributed by atoms with Gasteiger partial charge >= 0.3 is 0 Å². The number of nitrogens with one attached hydrogen (secondary N) is 1. The average molecular weight is 292 g/mol. The second kappa shape index (κ2) is 8.95. The molecule has 0 aliphatic rings. The van der Waals surface area contributed by atoms with Crippen LogP contribution in [-0.2, 0) is 4.79 Å². The Labute approximate surface area is 124 Å². The molecule has 6 heteroatoms. The molecule has 21 heavy (non-hydrogen) atoms. The summed E-state index contributed by atoms with van der Waals surface area (Å²) in [5.41, 5.74) is 0.568. The molecule has 1 aromatic carbocycles. The number of hydrogen-bond acceptors (Lipinski definition) is 5. The standard InChI is InChI=1S/C15H20N2O4/c1-11(18)17-9-7-14(19)15(20)12-3-5-13(6-4-12)21-10-2-8-16/h3-6,14-15,19-20H,2,7,9-10H2,1H3,(H,17,18). The molecule has 114 valence electrons. The van der Waals surface area contributed by atoms with Crippen LogP contribution < -0.4 is 10.1 Å². The predicted molar refractivity (Wildman–Crippen MR) is 76.4 cm³/mol. The first-order valence-electron chi connectivity index (χ1n) is 6.75. The minimum absolute atomic E-state index is 0.171. The molecule has 0 spiro atoms. The first-order chi connectivity index (χ1) is 10.0. The van der Waals surface area contributed by atoms with Crippen molar-refractivity contribution in [2.45, 2.75) is 32.0 Å². The van der Waals surface area contributed by atoms with E-state index in [1.807, 2.05) is 6.07 Å². The van der Waals surface area contributed by atoms with Gasteiger partial charge in [-0.25, -0.2) is 0 Å². The first kappa shape index (κ1) is 17.0. The summed E-state index contributed by atoms with van der Waals surface area (Å²) in [6, 6.07) is 8.66. The fourth-order valence-corrected chi connectivity index (χ4v) is 1.75. The topological polar surface area (TPSA) is 103 Å². The highest BCUT2D eigenvalue weighted by atomic mass is 16.5. The average Bonchev–Trinajstić information content (AvgIpc) is 2.47. The predicted octanol–water partition coefficient (Wildman–Crippen LogP) is 0.900. The van der Waals surface area contributed by atoms with E-state index in [0.717, 1.165) is 0 Å². The molecule has 1 aromatic rings. The molecule has 3 N–H and O–H groups in total. The molecule has 0 aliphatic carbocycles. The fraction of sp³-hybridized carbons (Fsp3) is 0.467. The molecule has 0 heterocycles. The summed E-state index contributed by atoms with van der Waals surface area (Å²) < 4.78 is 5.32. The van der Waals surface area contributed by atoms with E-state index in [4.69, 9.17) is 10.00 Å². The van der Waals surface area contributed by atoms with Crippen LogP contribution in [0.25, 0.3) is 0 Å². The maximum Gasteiger partial charge on any atom is 0.216 e. The second-order valence-corrected chi connectivity index (χ2v) is 4.61. The molecule has 1 amide bonds. The number of hydrogen-bond donors (Lipinski definition) is 3. The Balaban J connectivity index is 2.48. The summed E-state index contributed by atoms with van der Waals surface area (Å²) in [5, 5.41) is 30.8. The van der Waals surface area contributed by atoms with E-state index < -0.39 is 12.2 Å². The Morgan fingerprint density at radius 2 is 2.05 bits per heavy atom. The summed E-state index contributed by atoms with van der Waals surface area (Å²) in [4.78, 5) is 10.7. The number of amides is 1. The molecule has 0 bridgehead atoms. The van der Waals surface area contributed by atoms with Crippen molar-refractivity contribution in [2.75, 3.05) is 13.2 Å². The van der Waals surface area contributed by atoms with Crippen LogP contribution >= 0.6 is 0 Å². The minimum atomic E-state index is -1.02. The number of carbonyl (C=O) groups is 1. The highest BCUT2D eigenvalue weighted by Crippen LogP contribution is 2.21. The molecule has 2 atom stereocenters. The van der Waals surface area contributed by atoms with Crippen molar-refractivity contribution in [1.82, 2.24) is 5.32 Å². The molecule has 6 nitrogen and oxygen atoms in total. The van der Waals surface area contributed by atoms with Crippen LogP contribution in [0.5, 0.6) is 5.75 Å². The maximum absolute atomic E-state index is 10.7. The molecule has 0 aromatic heterocycles. The van der Waals surface area contributed by atoms with E-state index in [0.29, 0.717) is 30.9 Å². The second-order valence-electron chi connectivity index (χ2n) is 4.61. The van der Waals surface area contributed by atoms with Gasteiger partial charge in [0.2, 0.25) is 5.91 Å². The Hall–Kier alpha value is -2.10. The highest BCUT2D eigenvalue weighted by molar-refractivity contribution is 5.72. The number of aliphatic hydroxyl groups excluding tert-OH is 2. The van der Waals surface area contributed by atoms with Crippen LogP contribution in [0.3, 0.4) is 0 Å². The number of rotatable bonds is 8. The van der Waals surface area contributed by atoms with Gasteiger partial charge in [0.25, 0.3) is 0 Å². The zero-order chi connectivity index (χ0) is 15.7. The Morgan fingerprint density at radius 1 is 1.38 bits per heavy atom. The van der Waals surface area contributed by atoms with Crippen LogP contribution in [0.2, 0.25) is 0 Å². The Bertz CT molecular complexity index is 481. The Kier molecular flexibility index (Phi) is 7.23. The van der Waals surface area contributed by atoms with Gasteiger partial charge in [-0.15, -0.1) is 0 Å². The molecule has 2 unspecified atom stereocenters. The van der Waals surface area contributed by atoms with Crippen molar-refractivity contribution in [1.29, 1.82) is 5.26 Å². The Morgan fingerprint density at radius 3 is 2.62 bits per heavy atom. The third kappa shape index (κ3) is 6.25. The van der Waals surface area contributed by atoms with E-state index >= 15 is 0 Å². The molecule has 0 fully saturated rings. The van der Waals surface area contributed by atoms with Crippen molar-refractivity contribution in [3.8, 4) is 11.8 Å². The van der Waals surface area contributed by atoms with Gasteiger partial charge in [0.1, 0.15) is 18.5 Å². The zero-order valence-corrected chi connectivity index (χ0v) is 12.0. The van der Waals surface area contributed by atoms with Crippen LogP contribution in [-0.4, -0.2) is 35.4 Å². The normalized spacial score (nSPS) is 13.0. The molecule has 0 saturated carbocycles. The smallest absolute Gasteiger partial charge is 0.216 e. The van der Waals surface area contributed by atoms with Crippen LogP contribution in [0.1, 0.15) is 31.4 Å². The summed E-state index contributed by atoms with van der Waals surface area (Å²) in [6.07, 6.45) is -1.40. The van der Waals surface area contributed by atoms with Crippen molar-refractivity contribution < 1.29 is 19.7 Å². The summed E-state index contributed by atoms with van der Waals surface area (Å²) in [5.74, 6) is 0.435. The maximum atomic E-state index is 10.7. The van der Waals surface area contributed by atoms with Crippen LogP contribution in [0, 0.1) is 11.3 Å². The third-order valence-electron chi connectivity index (χ3n) is 2.88. The van der Waals surface area contributed by atoms with Gasteiger partial charge < -0.3 is 20.3 Å². The lowest BCUT2D eigenvalue weighted by molar-refractivity contribution is -0.119. The van der Waals surface area contributed by atoms with Crippen molar-refractivity contribution in [3.63, 3.8) is 0 Å². The summed E-state index contributed by atoms with van der Waals surface area (Å²) in [6.45, 7) is 2.02. The van der Waals surface area contributed by atoms with Gasteiger partial charge in [0, 0.05) is 13.5 Å². The third-order valence-corrected chi connectivity index (χ3v) is 2.88. The van der Waals surface area contributed by atoms with Crippen LogP contribution in [0.4, 0.5) is 0 Å². The zero-order valence-electron chi connectivity index (χ0n) is 12.0. The lowest BCUT2D eigenvalue weighted by atomic mass is 10.0. The van der Waals surface area contributed by atoms with Crippen molar-refractivity contribution >= 4 is 5.91 Å². The van der Waals surface area contributed by atoms with E-state index in [1.165, 1.54) is 6.92 Å². The lowest BCUT2D eigenvalue weighted by Crippen LogP contribution is -2.27. The van der Waals surface area contributed by atoms with E-state index in [-0.39, 0.29) is 12.3 Å². The first-order valence-corrected chi connectivity index (χ1v) is 6.75. The van der Waals surface area contributed by atoms with Gasteiger partial charge in [0.05, 0.1) is 18.6 Å². The largest absolute Gasteiger partial charge is 0.493 e. The quantitative estimate of drug-likeness (QED) is 0.618. The monoisotopic (exact) mass is 292 g/mol. The number of nitrogens with zero attached hydrogens (tertiary/aromatic N) is 1. The van der Waals surface area contributed by atoms with Gasteiger partial charge in [-0.1, -0.05) is 12.1 Å². The number of carbonyl (C=O) groups excluding carboxylic acids is 1. The van der Waals surface area contributed by atoms with Crippen LogP contribution in [0.15, 0.2) is 24.3 Å². The van der Waals surface area contributed by atoms with E-state index in [2.05, 4.69) is 5.32 Å². The minimum Gasteiger partial charge on any atom is -0.493 e. The lowest BCUT2D eigenvalue weighted by Gasteiger charge is -2.18. The van der Waals surface area contributed by atoms with Crippen molar-refractivity contribution in [2.24, 2.45) is 0 Å². The fourth-order valence-electron chi connectivity index (χ4n) is 1.75. The summed E-state index contributed by atoms with van der Waals surface area (Å²) in [7, 11) is 0. The number of benzene rings is 1. The molecule has 0 radical (unpaired) electrons. The van der Waals surface area contributed by atoms with E-state index in [9.17, 15) is 15.0 Å². The van der Waals surface area contributed by atoms with Crippen molar-refractivity contribution in [3.05, 3.63) is 29.8 Å². The van der Waals surface area contributed by atoms with Gasteiger partial charge in [-0.3, -0.25) is 4.79 Å².